The summed E-state index contributed by atoms with van der Waals surface area (Å²) in [7, 11) is 0. The molecule has 0 saturated heterocycles. The minimum absolute atomic E-state index is 0.0519. The number of rotatable bonds is 4. The molecule has 0 fully saturated rings. The van der Waals surface area contributed by atoms with Gasteiger partial charge in [-0.2, -0.15) is 0 Å². The highest BCUT2D eigenvalue weighted by Crippen LogP contribution is 2.31. The first-order valence-corrected chi connectivity index (χ1v) is 7.90. The zero-order chi connectivity index (χ0) is 17.1. The molecule has 0 atom stereocenters. The van der Waals surface area contributed by atoms with Crippen molar-refractivity contribution in [3.8, 4) is 11.5 Å². The Balaban J connectivity index is 1.80. The fourth-order valence-corrected chi connectivity index (χ4v) is 2.63. The Bertz CT molecular complexity index is 847. The normalized spacial score (nSPS) is 13.0. The molecule has 1 heterocycles. The van der Waals surface area contributed by atoms with Gasteiger partial charge in [-0.05, 0) is 51.8 Å². The molecule has 0 saturated carbocycles. The van der Waals surface area contributed by atoms with Gasteiger partial charge in [-0.1, -0.05) is 12.1 Å². The van der Waals surface area contributed by atoms with Crippen LogP contribution in [-0.4, -0.2) is 23.9 Å². The van der Waals surface area contributed by atoms with Gasteiger partial charge < -0.3 is 9.47 Å². The third-order valence-electron chi connectivity index (χ3n) is 3.42. The molecule has 0 aliphatic carbocycles. The van der Waals surface area contributed by atoms with Gasteiger partial charge in [-0.15, -0.1) is 0 Å². The van der Waals surface area contributed by atoms with Crippen LogP contribution in [0.3, 0.4) is 0 Å². The maximum Gasteiger partial charge on any atom is 0.284 e. The van der Waals surface area contributed by atoms with E-state index in [9.17, 15) is 14.9 Å². The maximum atomic E-state index is 12.3. The van der Waals surface area contributed by atoms with Gasteiger partial charge in [0.05, 0.1) is 9.40 Å². The molecule has 2 aromatic carbocycles. The minimum atomic E-state index is -0.482. The molecule has 0 amide bonds. The van der Waals surface area contributed by atoms with Crippen molar-refractivity contribution in [2.45, 2.75) is 0 Å². The molecule has 3 rings (SSSR count). The third kappa shape index (κ3) is 3.46. The number of allylic oxidation sites excluding steroid dienone is 1. The molecule has 0 radical (unpaired) electrons. The summed E-state index contributed by atoms with van der Waals surface area (Å²) in [6.07, 6.45) is 2.91. The summed E-state index contributed by atoms with van der Waals surface area (Å²) < 4.78 is 11.3. The molecule has 7 heteroatoms. The third-order valence-corrected chi connectivity index (χ3v) is 4.09. The van der Waals surface area contributed by atoms with E-state index in [1.165, 1.54) is 12.1 Å². The predicted molar refractivity (Wildman–Crippen MR) is 91.6 cm³/mol. The first kappa shape index (κ1) is 16.2. The highest BCUT2D eigenvalue weighted by atomic mass is 79.9. The van der Waals surface area contributed by atoms with Crippen molar-refractivity contribution in [2.24, 2.45) is 0 Å². The minimum Gasteiger partial charge on any atom is -0.486 e. The summed E-state index contributed by atoms with van der Waals surface area (Å²) in [5.41, 5.74) is 0.974. The van der Waals surface area contributed by atoms with E-state index in [2.05, 4.69) is 15.9 Å². The van der Waals surface area contributed by atoms with Gasteiger partial charge in [0, 0.05) is 11.6 Å². The number of nitro groups is 1. The highest BCUT2D eigenvalue weighted by Gasteiger charge is 2.14. The number of nitro benzene ring substituents is 1. The summed E-state index contributed by atoms with van der Waals surface area (Å²) >= 11 is 3.12. The standard InChI is InChI=1S/C17H12BrNO5/c18-13-4-1-11(9-14(13)19(21)22)2-5-15(20)12-3-6-16-17(10-12)24-8-7-23-16/h1-6,9-10H,7-8H2/b5-2+. The van der Waals surface area contributed by atoms with Gasteiger partial charge >= 0.3 is 0 Å². The number of carbonyl (C=O) groups is 1. The first-order valence-electron chi connectivity index (χ1n) is 7.10. The van der Waals surface area contributed by atoms with Crippen LogP contribution in [0.25, 0.3) is 6.08 Å². The lowest BCUT2D eigenvalue weighted by Crippen LogP contribution is -2.15. The van der Waals surface area contributed by atoms with E-state index in [-0.39, 0.29) is 11.5 Å². The van der Waals surface area contributed by atoms with Crippen molar-refractivity contribution >= 4 is 33.5 Å². The van der Waals surface area contributed by atoms with E-state index < -0.39 is 4.92 Å². The summed E-state index contributed by atoms with van der Waals surface area (Å²) in [6.45, 7) is 0.936. The summed E-state index contributed by atoms with van der Waals surface area (Å²) in [5.74, 6) is 0.933. The van der Waals surface area contributed by atoms with Crippen LogP contribution in [0.15, 0.2) is 46.9 Å². The zero-order valence-electron chi connectivity index (χ0n) is 12.4. The molecule has 1 aliphatic rings. The van der Waals surface area contributed by atoms with Crippen LogP contribution < -0.4 is 9.47 Å². The number of hydrogen-bond acceptors (Lipinski definition) is 5. The van der Waals surface area contributed by atoms with Crippen LogP contribution in [0.2, 0.25) is 0 Å². The van der Waals surface area contributed by atoms with Crippen molar-refractivity contribution in [1.29, 1.82) is 0 Å². The fourth-order valence-electron chi connectivity index (χ4n) is 2.24. The van der Waals surface area contributed by atoms with E-state index >= 15 is 0 Å². The number of hydrogen-bond donors (Lipinski definition) is 0. The van der Waals surface area contributed by atoms with Crippen molar-refractivity contribution in [1.82, 2.24) is 0 Å². The van der Waals surface area contributed by atoms with Gasteiger partial charge in [0.15, 0.2) is 17.3 Å². The molecule has 1 aliphatic heterocycles. The fraction of sp³-hybridized carbons (Fsp3) is 0.118. The zero-order valence-corrected chi connectivity index (χ0v) is 14.0. The molecule has 0 bridgehead atoms. The lowest BCUT2D eigenvalue weighted by atomic mass is 10.1. The maximum absolute atomic E-state index is 12.3. The second-order valence-corrected chi connectivity index (χ2v) is 5.88. The molecule has 24 heavy (non-hydrogen) atoms. The van der Waals surface area contributed by atoms with E-state index in [1.807, 2.05) is 0 Å². The Kier molecular flexibility index (Phi) is 4.61. The first-order chi connectivity index (χ1) is 11.5. The number of ether oxygens (including phenoxy) is 2. The molecule has 2 aromatic rings. The number of nitrogens with zero attached hydrogens (tertiary/aromatic N) is 1. The van der Waals surface area contributed by atoms with Crippen molar-refractivity contribution in [3.63, 3.8) is 0 Å². The average molecular weight is 390 g/mol. The predicted octanol–water partition coefficient (Wildman–Crippen LogP) is 4.02. The van der Waals surface area contributed by atoms with Gasteiger partial charge in [0.2, 0.25) is 0 Å². The van der Waals surface area contributed by atoms with Crippen LogP contribution >= 0.6 is 15.9 Å². The molecule has 0 unspecified atom stereocenters. The topological polar surface area (TPSA) is 78.7 Å². The second-order valence-electron chi connectivity index (χ2n) is 5.02. The molecule has 122 valence electrons. The van der Waals surface area contributed by atoms with Crippen LogP contribution in [-0.2, 0) is 0 Å². The largest absolute Gasteiger partial charge is 0.486 e. The lowest BCUT2D eigenvalue weighted by Gasteiger charge is -2.18. The Morgan fingerprint density at radius 1 is 1.12 bits per heavy atom. The summed E-state index contributed by atoms with van der Waals surface area (Å²) in [4.78, 5) is 22.7. The Morgan fingerprint density at radius 3 is 2.62 bits per heavy atom. The van der Waals surface area contributed by atoms with E-state index in [1.54, 1.807) is 36.4 Å². The average Bonchev–Trinajstić information content (AvgIpc) is 2.60. The van der Waals surface area contributed by atoms with Gasteiger partial charge in [0.25, 0.3) is 5.69 Å². The molecule has 0 aromatic heterocycles. The van der Waals surface area contributed by atoms with Crippen LogP contribution in [0.4, 0.5) is 5.69 Å². The monoisotopic (exact) mass is 389 g/mol. The Morgan fingerprint density at radius 2 is 1.88 bits per heavy atom. The van der Waals surface area contributed by atoms with Crippen LogP contribution in [0, 0.1) is 10.1 Å². The molecule has 0 N–H and O–H groups in total. The number of fused-ring (bicyclic) bond motifs is 1. The number of benzene rings is 2. The van der Waals surface area contributed by atoms with Crippen molar-refractivity contribution < 1.29 is 19.2 Å². The smallest absolute Gasteiger partial charge is 0.284 e. The summed E-state index contributed by atoms with van der Waals surface area (Å²) in [6, 6.07) is 9.64. The molecular formula is C17H12BrNO5. The van der Waals surface area contributed by atoms with E-state index in [0.29, 0.717) is 40.3 Å². The Hall–Kier alpha value is -2.67. The van der Waals surface area contributed by atoms with E-state index in [0.717, 1.165) is 0 Å². The molecule has 6 nitrogen and oxygen atoms in total. The van der Waals surface area contributed by atoms with Gasteiger partial charge in [0.1, 0.15) is 13.2 Å². The molecule has 0 spiro atoms. The van der Waals surface area contributed by atoms with Crippen molar-refractivity contribution in [3.05, 3.63) is 68.2 Å². The number of ketones is 1. The Labute approximate surface area is 146 Å². The van der Waals surface area contributed by atoms with Crippen LogP contribution in [0.1, 0.15) is 15.9 Å². The number of carbonyl (C=O) groups excluding carboxylic acids is 1. The quantitative estimate of drug-likeness (QED) is 0.341. The van der Waals surface area contributed by atoms with E-state index in [4.69, 9.17) is 9.47 Å². The number of halogens is 1. The second kappa shape index (κ2) is 6.84. The molecular weight excluding hydrogens is 378 g/mol. The van der Waals surface area contributed by atoms with Gasteiger partial charge in [-0.25, -0.2) is 0 Å². The SMILES string of the molecule is O=C(/C=C/c1ccc(Br)c([N+](=O)[O-])c1)c1ccc2c(c1)OCCO2. The van der Waals surface area contributed by atoms with Crippen LogP contribution in [0.5, 0.6) is 11.5 Å². The summed E-state index contributed by atoms with van der Waals surface area (Å²) in [5, 5.41) is 10.9. The van der Waals surface area contributed by atoms with Crippen molar-refractivity contribution in [2.75, 3.05) is 13.2 Å². The highest BCUT2D eigenvalue weighted by molar-refractivity contribution is 9.10. The van der Waals surface area contributed by atoms with Gasteiger partial charge in [-0.3, -0.25) is 14.9 Å². The lowest BCUT2D eigenvalue weighted by molar-refractivity contribution is -0.385.